The summed E-state index contributed by atoms with van der Waals surface area (Å²) in [6, 6.07) is 3.91. The molecule has 2 rings (SSSR count). The molecule has 0 unspecified atom stereocenters. The van der Waals surface area contributed by atoms with Gasteiger partial charge in [0.05, 0.1) is 12.2 Å². The lowest BCUT2D eigenvalue weighted by Gasteiger charge is -2.03. The van der Waals surface area contributed by atoms with Gasteiger partial charge < -0.3 is 5.73 Å². The molecule has 2 aromatic heterocycles. The lowest BCUT2D eigenvalue weighted by atomic mass is 10.2. The van der Waals surface area contributed by atoms with Gasteiger partial charge in [-0.25, -0.2) is 9.67 Å². The minimum absolute atomic E-state index is 0.205. The maximum Gasteiger partial charge on any atom is 0.208 e. The van der Waals surface area contributed by atoms with Crippen molar-refractivity contribution < 1.29 is 0 Å². The Morgan fingerprint density at radius 2 is 2.31 bits per heavy atom. The van der Waals surface area contributed by atoms with Gasteiger partial charge in [0.2, 0.25) is 5.82 Å². The molecule has 2 N–H and O–H groups in total. The minimum Gasteiger partial charge on any atom is -0.387 e. The number of aromatic nitrogens is 4. The van der Waals surface area contributed by atoms with Gasteiger partial charge in [-0.3, -0.25) is 4.98 Å². The molecule has 0 aliphatic rings. The lowest BCUT2D eigenvalue weighted by Crippen LogP contribution is -2.12. The molecule has 0 amide bonds. The van der Waals surface area contributed by atoms with Crippen molar-refractivity contribution in [2.45, 2.75) is 13.5 Å². The van der Waals surface area contributed by atoms with E-state index in [4.69, 9.17) is 18.0 Å². The van der Waals surface area contributed by atoms with Gasteiger partial charge in [-0.1, -0.05) is 18.3 Å². The number of nitrogens with two attached hydrogens (primary N) is 1. The molecular formula is C10H11N5S. The molecule has 0 radical (unpaired) electrons. The summed E-state index contributed by atoms with van der Waals surface area (Å²) in [5, 5.41) is 4.15. The highest BCUT2D eigenvalue weighted by Crippen LogP contribution is 2.04. The fourth-order valence-electron chi connectivity index (χ4n) is 1.32. The Hall–Kier alpha value is -1.82. The van der Waals surface area contributed by atoms with Crippen molar-refractivity contribution in [1.29, 1.82) is 0 Å². The van der Waals surface area contributed by atoms with Crippen LogP contribution >= 0.6 is 12.2 Å². The van der Waals surface area contributed by atoms with E-state index < -0.39 is 0 Å². The van der Waals surface area contributed by atoms with Crippen molar-refractivity contribution in [2.24, 2.45) is 5.73 Å². The summed E-state index contributed by atoms with van der Waals surface area (Å²) in [4.78, 5) is 8.48. The van der Waals surface area contributed by atoms with Gasteiger partial charge in [-0.05, 0) is 18.6 Å². The zero-order valence-electron chi connectivity index (χ0n) is 8.79. The summed E-state index contributed by atoms with van der Waals surface area (Å²) in [6.07, 6.45) is 3.36. The van der Waals surface area contributed by atoms with Gasteiger partial charge in [0, 0.05) is 6.20 Å². The van der Waals surface area contributed by atoms with E-state index >= 15 is 0 Å². The maximum absolute atomic E-state index is 5.43. The second-order valence-corrected chi connectivity index (χ2v) is 3.84. The van der Waals surface area contributed by atoms with Gasteiger partial charge >= 0.3 is 0 Å². The Morgan fingerprint density at radius 1 is 1.50 bits per heavy atom. The van der Waals surface area contributed by atoms with Crippen LogP contribution in [0.5, 0.6) is 0 Å². The molecule has 6 heteroatoms. The quantitative estimate of drug-likeness (QED) is 0.789. The number of nitrogens with zero attached hydrogens (tertiary/aromatic N) is 4. The van der Waals surface area contributed by atoms with Crippen LogP contribution < -0.4 is 5.73 Å². The third-order valence-electron chi connectivity index (χ3n) is 2.19. The number of hydrogen-bond acceptors (Lipinski definition) is 4. The molecule has 0 aliphatic heterocycles. The van der Waals surface area contributed by atoms with E-state index in [0.29, 0.717) is 12.4 Å². The largest absolute Gasteiger partial charge is 0.387 e. The van der Waals surface area contributed by atoms with Gasteiger partial charge in [0.1, 0.15) is 11.3 Å². The molecule has 0 fully saturated rings. The Kier molecular flexibility index (Phi) is 2.91. The van der Waals surface area contributed by atoms with E-state index in [1.807, 2.05) is 19.1 Å². The number of thiocarbonyl (C=S) groups is 1. The van der Waals surface area contributed by atoms with Crippen LogP contribution in [0.1, 0.15) is 17.1 Å². The smallest absolute Gasteiger partial charge is 0.208 e. The summed E-state index contributed by atoms with van der Waals surface area (Å²) in [7, 11) is 0. The second-order valence-electron chi connectivity index (χ2n) is 3.40. The molecule has 16 heavy (non-hydrogen) atoms. The standard InChI is InChI=1S/C10H11N5S/c1-7-3-2-4-12-8(7)5-15-6-13-10(14-15)9(11)16/h2-4,6H,5H2,1H3,(H2,11,16). The second kappa shape index (κ2) is 4.36. The summed E-state index contributed by atoms with van der Waals surface area (Å²) in [5.41, 5.74) is 7.51. The third-order valence-corrected chi connectivity index (χ3v) is 2.37. The maximum atomic E-state index is 5.43. The predicted molar refractivity (Wildman–Crippen MR) is 64.0 cm³/mol. The van der Waals surface area contributed by atoms with Crippen LogP contribution in [0, 0.1) is 6.92 Å². The summed E-state index contributed by atoms with van der Waals surface area (Å²) >= 11 is 4.79. The Labute approximate surface area is 98.3 Å². The number of pyridine rings is 1. The Bertz CT molecular complexity index is 519. The SMILES string of the molecule is Cc1cccnc1Cn1cnc(C(N)=S)n1. The van der Waals surface area contributed by atoms with E-state index in [2.05, 4.69) is 15.1 Å². The number of rotatable bonds is 3. The molecule has 2 heterocycles. The first kappa shape index (κ1) is 10.7. The molecule has 0 saturated heterocycles. The van der Waals surface area contributed by atoms with E-state index in [0.717, 1.165) is 11.3 Å². The van der Waals surface area contributed by atoms with Crippen molar-refractivity contribution in [2.75, 3.05) is 0 Å². The van der Waals surface area contributed by atoms with E-state index in [9.17, 15) is 0 Å². The first-order valence-corrected chi connectivity index (χ1v) is 5.17. The molecule has 2 aromatic rings. The highest BCUT2D eigenvalue weighted by atomic mass is 32.1. The summed E-state index contributed by atoms with van der Waals surface area (Å²) in [6.45, 7) is 2.58. The fourth-order valence-corrected chi connectivity index (χ4v) is 1.41. The summed E-state index contributed by atoms with van der Waals surface area (Å²) < 4.78 is 1.67. The lowest BCUT2D eigenvalue weighted by molar-refractivity contribution is 0.666. The molecule has 82 valence electrons. The van der Waals surface area contributed by atoms with E-state index in [-0.39, 0.29) is 4.99 Å². The van der Waals surface area contributed by atoms with Crippen LogP contribution in [-0.4, -0.2) is 24.7 Å². The van der Waals surface area contributed by atoms with Crippen molar-refractivity contribution in [3.8, 4) is 0 Å². The Balaban J connectivity index is 2.21. The normalized spacial score (nSPS) is 10.3. The average molecular weight is 233 g/mol. The van der Waals surface area contributed by atoms with E-state index in [1.54, 1.807) is 17.2 Å². The molecule has 0 saturated carbocycles. The van der Waals surface area contributed by atoms with Gasteiger partial charge in [-0.2, -0.15) is 0 Å². The van der Waals surface area contributed by atoms with E-state index in [1.165, 1.54) is 0 Å². The number of aryl methyl sites for hydroxylation is 1. The first-order chi connectivity index (χ1) is 7.66. The average Bonchev–Trinajstić information content (AvgIpc) is 2.70. The number of hydrogen-bond donors (Lipinski definition) is 1. The molecule has 0 aliphatic carbocycles. The van der Waals surface area contributed by atoms with Gasteiger partial charge in [0.25, 0.3) is 0 Å². The summed E-state index contributed by atoms with van der Waals surface area (Å²) in [5.74, 6) is 0.392. The zero-order chi connectivity index (χ0) is 11.5. The van der Waals surface area contributed by atoms with Crippen LogP contribution in [-0.2, 0) is 6.54 Å². The highest BCUT2D eigenvalue weighted by molar-refractivity contribution is 7.80. The fraction of sp³-hybridized carbons (Fsp3) is 0.200. The Morgan fingerprint density at radius 3 is 2.94 bits per heavy atom. The predicted octanol–water partition coefficient (Wildman–Crippen LogP) is 0.664. The van der Waals surface area contributed by atoms with Crippen molar-refractivity contribution >= 4 is 17.2 Å². The van der Waals surface area contributed by atoms with Gasteiger partial charge in [0.15, 0.2) is 0 Å². The van der Waals surface area contributed by atoms with Gasteiger partial charge in [-0.15, -0.1) is 5.10 Å². The van der Waals surface area contributed by atoms with Crippen LogP contribution in [0.4, 0.5) is 0 Å². The molecule has 0 aromatic carbocycles. The topological polar surface area (TPSA) is 69.6 Å². The minimum atomic E-state index is 0.205. The first-order valence-electron chi connectivity index (χ1n) is 4.76. The molecule has 0 bridgehead atoms. The van der Waals surface area contributed by atoms with Crippen LogP contribution in [0.15, 0.2) is 24.7 Å². The van der Waals surface area contributed by atoms with Crippen molar-refractivity contribution in [3.63, 3.8) is 0 Å². The monoisotopic (exact) mass is 233 g/mol. The molecular weight excluding hydrogens is 222 g/mol. The van der Waals surface area contributed by atoms with Crippen molar-refractivity contribution in [3.05, 3.63) is 41.7 Å². The molecule has 0 atom stereocenters. The molecule has 5 nitrogen and oxygen atoms in total. The third kappa shape index (κ3) is 2.22. The van der Waals surface area contributed by atoms with Crippen molar-refractivity contribution in [1.82, 2.24) is 19.7 Å². The van der Waals surface area contributed by atoms with Crippen LogP contribution in [0.2, 0.25) is 0 Å². The van der Waals surface area contributed by atoms with Crippen LogP contribution in [0.3, 0.4) is 0 Å². The van der Waals surface area contributed by atoms with Crippen LogP contribution in [0.25, 0.3) is 0 Å². The highest BCUT2D eigenvalue weighted by Gasteiger charge is 2.05. The molecule has 0 spiro atoms. The zero-order valence-corrected chi connectivity index (χ0v) is 9.61.